The lowest BCUT2D eigenvalue weighted by molar-refractivity contribution is 0.230. The number of fused-ring (bicyclic) bond motifs is 1. The second kappa shape index (κ2) is 10.7. The quantitative estimate of drug-likeness (QED) is 0.361. The van der Waals surface area contributed by atoms with Crippen molar-refractivity contribution in [3.05, 3.63) is 58.4 Å². The van der Waals surface area contributed by atoms with Gasteiger partial charge in [-0.2, -0.15) is 0 Å². The molecule has 35 heavy (non-hydrogen) atoms. The van der Waals surface area contributed by atoms with Crippen LogP contribution in [0.3, 0.4) is 0 Å². The van der Waals surface area contributed by atoms with Crippen LogP contribution in [0.2, 0.25) is 0 Å². The topological polar surface area (TPSA) is 107 Å². The Kier molecular flexibility index (Phi) is 7.72. The summed E-state index contributed by atoms with van der Waals surface area (Å²) in [6.45, 7) is 7.88. The zero-order valence-electron chi connectivity index (χ0n) is 20.2. The van der Waals surface area contributed by atoms with Crippen molar-refractivity contribution in [1.82, 2.24) is 9.88 Å². The Morgan fingerprint density at radius 2 is 1.69 bits per heavy atom. The van der Waals surface area contributed by atoms with Gasteiger partial charge in [-0.3, -0.25) is 19.3 Å². The smallest absolute Gasteiger partial charge is 0.361 e. The van der Waals surface area contributed by atoms with Gasteiger partial charge < -0.3 is 24.0 Å². The van der Waals surface area contributed by atoms with E-state index in [1.165, 1.54) is 6.21 Å². The average Bonchev–Trinajstić information content (AvgIpc) is 2.85. The predicted octanol–water partition coefficient (Wildman–Crippen LogP) is 3.63. The highest BCUT2D eigenvalue weighted by Crippen LogP contribution is 2.47. The molecule has 0 bridgehead atoms. The molecule has 0 saturated carbocycles. The van der Waals surface area contributed by atoms with Crippen LogP contribution in [-0.2, 0) is 13.6 Å². The third kappa shape index (κ3) is 5.49. The van der Waals surface area contributed by atoms with E-state index in [9.17, 15) is 14.5 Å². The number of piperazine rings is 1. The zero-order valence-corrected chi connectivity index (χ0v) is 21.1. The Morgan fingerprint density at radius 3 is 2.31 bits per heavy atom. The number of H-pyrrole nitrogens is 1. The third-order valence-electron chi connectivity index (χ3n) is 6.00. The Balaban J connectivity index is 1.68. The van der Waals surface area contributed by atoms with Crippen LogP contribution >= 0.6 is 7.60 Å². The van der Waals surface area contributed by atoms with E-state index in [2.05, 4.69) is 26.8 Å². The number of nitrogens with one attached hydrogen (secondary N) is 1. The van der Waals surface area contributed by atoms with Gasteiger partial charge in [-0.25, -0.2) is 0 Å². The molecule has 1 fully saturated rings. The zero-order chi connectivity index (χ0) is 25.0. The molecule has 10 heteroatoms. The third-order valence-corrected chi connectivity index (χ3v) is 8.11. The highest BCUT2D eigenvalue weighted by Gasteiger charge is 2.27. The molecule has 4 rings (SSSR count). The molecule has 0 amide bonds. The predicted molar refractivity (Wildman–Crippen MR) is 140 cm³/mol. The fourth-order valence-electron chi connectivity index (χ4n) is 4.10. The minimum atomic E-state index is -3.57. The molecule has 0 unspecified atom stereocenters. The lowest BCUT2D eigenvalue weighted by Crippen LogP contribution is -2.44. The number of aromatic hydroxyl groups is 1. The first-order valence-corrected chi connectivity index (χ1v) is 13.2. The Labute approximate surface area is 204 Å². The molecule has 1 aliphatic rings. The van der Waals surface area contributed by atoms with Gasteiger partial charge in [0.05, 0.1) is 29.8 Å². The van der Waals surface area contributed by atoms with E-state index < -0.39 is 13.2 Å². The molecular formula is C25H31N4O5P. The Morgan fingerprint density at radius 1 is 1.03 bits per heavy atom. The molecule has 9 nitrogen and oxygen atoms in total. The number of aromatic amines is 1. The van der Waals surface area contributed by atoms with Crippen LogP contribution in [-0.4, -0.2) is 67.6 Å². The normalized spacial score (nSPS) is 15.3. The molecule has 2 N–H and O–H groups in total. The van der Waals surface area contributed by atoms with Gasteiger partial charge in [-0.1, -0.05) is 0 Å². The lowest BCUT2D eigenvalue weighted by atomic mass is 10.1. The maximum atomic E-state index is 13.3. The first-order valence-electron chi connectivity index (χ1n) is 11.7. The number of pyridine rings is 1. The summed E-state index contributed by atoms with van der Waals surface area (Å²) in [6.07, 6.45) is 1.49. The van der Waals surface area contributed by atoms with Gasteiger partial charge in [0.2, 0.25) is 5.88 Å². The fraction of sp³-hybridized carbons (Fsp3) is 0.360. The molecule has 186 valence electrons. The van der Waals surface area contributed by atoms with Crippen molar-refractivity contribution in [1.29, 1.82) is 0 Å². The molecule has 0 spiro atoms. The number of aromatic nitrogens is 1. The van der Waals surface area contributed by atoms with Gasteiger partial charge >= 0.3 is 7.60 Å². The molecule has 3 aromatic rings. The Bertz CT molecular complexity index is 1300. The van der Waals surface area contributed by atoms with E-state index in [-0.39, 0.29) is 19.1 Å². The highest BCUT2D eigenvalue weighted by molar-refractivity contribution is 7.62. The van der Waals surface area contributed by atoms with Crippen molar-refractivity contribution < 1.29 is 18.7 Å². The van der Waals surface area contributed by atoms with Gasteiger partial charge in [0.15, 0.2) is 0 Å². The van der Waals surface area contributed by atoms with E-state index in [1.54, 1.807) is 32.0 Å². The largest absolute Gasteiger partial charge is 0.494 e. The maximum absolute atomic E-state index is 13.3. The minimum Gasteiger partial charge on any atom is -0.494 e. The summed E-state index contributed by atoms with van der Waals surface area (Å²) in [5.41, 5.74) is 1.69. The first kappa shape index (κ1) is 25.1. The summed E-state index contributed by atoms with van der Waals surface area (Å²) in [7, 11) is -1.45. The van der Waals surface area contributed by atoms with Gasteiger partial charge in [0.25, 0.3) is 5.56 Å². The molecular weight excluding hydrogens is 467 g/mol. The second-order valence-corrected chi connectivity index (χ2v) is 10.4. The van der Waals surface area contributed by atoms with E-state index in [1.807, 2.05) is 24.3 Å². The number of anilines is 1. The van der Waals surface area contributed by atoms with E-state index in [0.717, 1.165) is 31.9 Å². The molecule has 1 aromatic heterocycles. The lowest BCUT2D eigenvalue weighted by Gasteiger charge is -2.34. The van der Waals surface area contributed by atoms with Gasteiger partial charge in [0, 0.05) is 48.9 Å². The van der Waals surface area contributed by atoms with Crippen molar-refractivity contribution >= 4 is 41.3 Å². The highest BCUT2D eigenvalue weighted by atomic mass is 31.2. The molecule has 1 saturated heterocycles. The van der Waals surface area contributed by atoms with Crippen LogP contribution in [0.1, 0.15) is 19.4 Å². The first-order chi connectivity index (χ1) is 16.8. The van der Waals surface area contributed by atoms with Crippen LogP contribution in [0.4, 0.5) is 11.4 Å². The maximum Gasteiger partial charge on any atom is 0.361 e. The molecule has 2 aromatic carbocycles. The van der Waals surface area contributed by atoms with E-state index in [0.29, 0.717) is 27.3 Å². The van der Waals surface area contributed by atoms with Crippen LogP contribution < -0.4 is 15.8 Å². The summed E-state index contributed by atoms with van der Waals surface area (Å²) in [6, 6.07) is 12.6. The summed E-state index contributed by atoms with van der Waals surface area (Å²) >= 11 is 0. The minimum absolute atomic E-state index is 0.203. The second-order valence-electron chi connectivity index (χ2n) is 8.34. The van der Waals surface area contributed by atoms with Crippen molar-refractivity contribution in [3.63, 3.8) is 0 Å². The van der Waals surface area contributed by atoms with Crippen LogP contribution in [0, 0.1) is 0 Å². The standard InChI is InChI=1S/C25H31N4O5P/c1-4-33-35(32,34-5-2)20-10-11-21-22(16-20)23(25(31)27-24(21)30)17-26-18-6-8-19(9-7-18)29-14-12-28(3)13-15-29/h6-11,16-17H,4-5,12-15H2,1-3H3,(H2,27,30,31). The monoisotopic (exact) mass is 498 g/mol. The van der Waals surface area contributed by atoms with E-state index >= 15 is 0 Å². The molecule has 0 aliphatic carbocycles. The summed E-state index contributed by atoms with van der Waals surface area (Å²) < 4.78 is 24.2. The number of nitrogens with zero attached hydrogens (tertiary/aromatic N) is 3. The van der Waals surface area contributed by atoms with Crippen LogP contribution in [0.5, 0.6) is 5.88 Å². The van der Waals surface area contributed by atoms with Gasteiger partial charge in [0.1, 0.15) is 0 Å². The van der Waals surface area contributed by atoms with Gasteiger partial charge in [-0.15, -0.1) is 0 Å². The Hall–Kier alpha value is -2.97. The number of likely N-dealkylation sites (N-methyl/N-ethyl adjacent to an activating group) is 1. The molecule has 1 aliphatic heterocycles. The summed E-state index contributed by atoms with van der Waals surface area (Å²) in [4.78, 5) is 24.1. The number of hydrogen-bond acceptors (Lipinski definition) is 8. The molecule has 2 heterocycles. The molecule has 0 atom stereocenters. The number of aliphatic imine (C=N–C) groups is 1. The van der Waals surface area contributed by atoms with Crippen molar-refractivity contribution in [3.8, 4) is 5.88 Å². The molecule has 0 radical (unpaired) electrons. The SMILES string of the molecule is CCOP(=O)(OCC)c1ccc2c(=O)[nH]c(O)c(C=Nc3ccc(N4CCN(C)CC4)cc3)c2c1. The van der Waals surface area contributed by atoms with Crippen LogP contribution in [0.15, 0.2) is 52.3 Å². The van der Waals surface area contributed by atoms with Crippen molar-refractivity contribution in [2.75, 3.05) is 51.3 Å². The van der Waals surface area contributed by atoms with E-state index in [4.69, 9.17) is 9.05 Å². The number of benzene rings is 2. The van der Waals surface area contributed by atoms with Crippen molar-refractivity contribution in [2.24, 2.45) is 4.99 Å². The van der Waals surface area contributed by atoms with Crippen molar-refractivity contribution in [2.45, 2.75) is 13.8 Å². The van der Waals surface area contributed by atoms with Gasteiger partial charge in [-0.05, 0) is 63.4 Å². The van der Waals surface area contributed by atoms with Crippen LogP contribution in [0.25, 0.3) is 10.8 Å². The fourth-order valence-corrected chi connectivity index (χ4v) is 5.70. The summed E-state index contributed by atoms with van der Waals surface area (Å²) in [5.74, 6) is -0.319. The average molecular weight is 499 g/mol. The number of rotatable bonds is 8. The number of hydrogen-bond donors (Lipinski definition) is 2. The summed E-state index contributed by atoms with van der Waals surface area (Å²) in [5, 5.41) is 11.6.